The summed E-state index contributed by atoms with van der Waals surface area (Å²) in [6.07, 6.45) is -0.627. The highest BCUT2D eigenvalue weighted by atomic mass is 35.5. The van der Waals surface area contributed by atoms with Gasteiger partial charge >= 0.3 is 0 Å². The van der Waals surface area contributed by atoms with E-state index in [1.165, 1.54) is 0 Å². The van der Waals surface area contributed by atoms with Gasteiger partial charge in [0.25, 0.3) is 0 Å². The molecule has 0 amide bonds. The van der Waals surface area contributed by atoms with Crippen molar-refractivity contribution >= 4 is 11.6 Å². The Morgan fingerprint density at radius 3 is 2.93 bits per heavy atom. The maximum atomic E-state index is 9.21. The fraction of sp³-hybridized carbons (Fsp3) is 0.455. The summed E-state index contributed by atoms with van der Waals surface area (Å²) < 4.78 is 10.4. The molecule has 0 saturated heterocycles. The molecular weight excluding hydrogens is 216 g/mol. The molecule has 0 aliphatic heterocycles. The molecule has 0 spiro atoms. The van der Waals surface area contributed by atoms with E-state index in [0.717, 1.165) is 5.56 Å². The van der Waals surface area contributed by atoms with Gasteiger partial charge in [-0.25, -0.2) is 0 Å². The molecule has 0 radical (unpaired) electrons. The molecule has 1 unspecified atom stereocenters. The lowest BCUT2D eigenvalue weighted by Gasteiger charge is -2.10. The fourth-order valence-corrected chi connectivity index (χ4v) is 1.22. The summed E-state index contributed by atoms with van der Waals surface area (Å²) in [5.41, 5.74) is 1.04. The van der Waals surface area contributed by atoms with Crippen LogP contribution in [0.15, 0.2) is 24.3 Å². The van der Waals surface area contributed by atoms with Crippen LogP contribution in [0.2, 0.25) is 0 Å². The maximum absolute atomic E-state index is 9.21. The number of aliphatic hydroxyl groups excluding tert-OH is 1. The van der Waals surface area contributed by atoms with Crippen molar-refractivity contribution in [1.82, 2.24) is 0 Å². The number of ether oxygens (including phenoxy) is 2. The smallest absolute Gasteiger partial charge is 0.119 e. The molecule has 0 aliphatic carbocycles. The van der Waals surface area contributed by atoms with E-state index in [9.17, 15) is 5.11 Å². The second-order valence-electron chi connectivity index (χ2n) is 3.20. The minimum atomic E-state index is -0.627. The third-order valence-electron chi connectivity index (χ3n) is 1.83. The van der Waals surface area contributed by atoms with Crippen molar-refractivity contribution in [3.8, 4) is 5.75 Å². The molecule has 0 saturated carbocycles. The summed E-state index contributed by atoms with van der Waals surface area (Å²) in [4.78, 5) is 0. The Bertz CT molecular complexity index is 291. The first-order chi connectivity index (χ1) is 7.26. The molecule has 15 heavy (non-hydrogen) atoms. The predicted octanol–water partition coefficient (Wildman–Crippen LogP) is 1.81. The summed E-state index contributed by atoms with van der Waals surface area (Å²) in [5, 5.41) is 9.21. The standard InChI is InChI=1S/C11H15ClO3/c1-14-7-9-3-2-4-11(5-9)15-8-10(13)6-12/h2-5,10,13H,6-8H2,1H3. The van der Waals surface area contributed by atoms with Crippen LogP contribution in [-0.2, 0) is 11.3 Å². The number of halogens is 1. The van der Waals surface area contributed by atoms with Gasteiger partial charge in [-0.1, -0.05) is 12.1 Å². The summed E-state index contributed by atoms with van der Waals surface area (Å²) in [7, 11) is 1.64. The molecule has 4 heteroatoms. The number of hydrogen-bond donors (Lipinski definition) is 1. The van der Waals surface area contributed by atoms with Crippen LogP contribution < -0.4 is 4.74 Å². The zero-order valence-electron chi connectivity index (χ0n) is 8.65. The minimum absolute atomic E-state index is 0.178. The van der Waals surface area contributed by atoms with Crippen molar-refractivity contribution in [3.05, 3.63) is 29.8 Å². The monoisotopic (exact) mass is 230 g/mol. The van der Waals surface area contributed by atoms with Gasteiger partial charge in [0, 0.05) is 7.11 Å². The zero-order chi connectivity index (χ0) is 11.1. The molecule has 0 heterocycles. The normalized spacial score (nSPS) is 12.5. The van der Waals surface area contributed by atoms with E-state index in [0.29, 0.717) is 12.4 Å². The molecule has 1 aromatic rings. The maximum Gasteiger partial charge on any atom is 0.119 e. The van der Waals surface area contributed by atoms with Crippen LogP contribution in [0.3, 0.4) is 0 Å². The third-order valence-corrected chi connectivity index (χ3v) is 2.19. The number of rotatable bonds is 6. The molecule has 1 rings (SSSR count). The second kappa shape index (κ2) is 6.67. The minimum Gasteiger partial charge on any atom is -0.491 e. The van der Waals surface area contributed by atoms with Crippen molar-refractivity contribution in [2.45, 2.75) is 12.7 Å². The summed E-state index contributed by atoms with van der Waals surface area (Å²) >= 11 is 5.45. The van der Waals surface area contributed by atoms with Gasteiger partial charge in [-0.3, -0.25) is 0 Å². The van der Waals surface area contributed by atoms with Crippen molar-refractivity contribution < 1.29 is 14.6 Å². The zero-order valence-corrected chi connectivity index (χ0v) is 9.41. The Labute approximate surface area is 94.6 Å². The highest BCUT2D eigenvalue weighted by Crippen LogP contribution is 2.14. The Kier molecular flexibility index (Phi) is 5.47. The van der Waals surface area contributed by atoms with Gasteiger partial charge in [-0.15, -0.1) is 11.6 Å². The summed E-state index contributed by atoms with van der Waals surface area (Å²) in [6, 6.07) is 7.55. The van der Waals surface area contributed by atoms with Gasteiger partial charge in [0.1, 0.15) is 18.5 Å². The lowest BCUT2D eigenvalue weighted by Crippen LogP contribution is -2.18. The average Bonchev–Trinajstić information content (AvgIpc) is 2.27. The van der Waals surface area contributed by atoms with Crippen LogP contribution in [-0.4, -0.2) is 30.8 Å². The molecule has 1 N–H and O–H groups in total. The average molecular weight is 231 g/mol. The van der Waals surface area contributed by atoms with Crippen molar-refractivity contribution in [2.75, 3.05) is 19.6 Å². The van der Waals surface area contributed by atoms with Gasteiger partial charge in [-0.05, 0) is 17.7 Å². The highest BCUT2D eigenvalue weighted by molar-refractivity contribution is 6.18. The van der Waals surface area contributed by atoms with Crippen LogP contribution >= 0.6 is 11.6 Å². The molecule has 1 aromatic carbocycles. The molecule has 3 nitrogen and oxygen atoms in total. The van der Waals surface area contributed by atoms with Crippen LogP contribution in [0.4, 0.5) is 0 Å². The number of hydrogen-bond acceptors (Lipinski definition) is 3. The predicted molar refractivity (Wildman–Crippen MR) is 59.4 cm³/mol. The summed E-state index contributed by atoms with van der Waals surface area (Å²) in [5.74, 6) is 0.895. The van der Waals surface area contributed by atoms with Gasteiger partial charge in [0.15, 0.2) is 0 Å². The Morgan fingerprint density at radius 1 is 1.47 bits per heavy atom. The van der Waals surface area contributed by atoms with Gasteiger partial charge < -0.3 is 14.6 Å². The topological polar surface area (TPSA) is 38.7 Å². The Balaban J connectivity index is 2.50. The summed E-state index contributed by atoms with van der Waals surface area (Å²) in [6.45, 7) is 0.759. The van der Waals surface area contributed by atoms with E-state index in [-0.39, 0.29) is 12.5 Å². The van der Waals surface area contributed by atoms with Gasteiger partial charge in [0.05, 0.1) is 12.5 Å². The van der Waals surface area contributed by atoms with Crippen LogP contribution in [0, 0.1) is 0 Å². The first-order valence-corrected chi connectivity index (χ1v) is 5.24. The van der Waals surface area contributed by atoms with Crippen LogP contribution in [0.5, 0.6) is 5.75 Å². The van der Waals surface area contributed by atoms with E-state index in [1.807, 2.05) is 24.3 Å². The van der Waals surface area contributed by atoms with Crippen molar-refractivity contribution in [3.63, 3.8) is 0 Å². The molecule has 84 valence electrons. The van der Waals surface area contributed by atoms with Crippen molar-refractivity contribution in [1.29, 1.82) is 0 Å². The number of methoxy groups -OCH3 is 1. The van der Waals surface area contributed by atoms with E-state index in [4.69, 9.17) is 21.1 Å². The largest absolute Gasteiger partial charge is 0.491 e. The van der Waals surface area contributed by atoms with Crippen LogP contribution in [0.25, 0.3) is 0 Å². The third kappa shape index (κ3) is 4.51. The van der Waals surface area contributed by atoms with Gasteiger partial charge in [0.2, 0.25) is 0 Å². The fourth-order valence-electron chi connectivity index (χ4n) is 1.13. The number of benzene rings is 1. The van der Waals surface area contributed by atoms with Crippen LogP contribution in [0.1, 0.15) is 5.56 Å². The quantitative estimate of drug-likeness (QED) is 0.758. The molecule has 0 fully saturated rings. The molecular formula is C11H15ClO3. The Morgan fingerprint density at radius 2 is 2.27 bits per heavy atom. The second-order valence-corrected chi connectivity index (χ2v) is 3.51. The molecule has 0 aliphatic rings. The number of alkyl halides is 1. The molecule has 1 atom stereocenters. The molecule has 0 bridgehead atoms. The lowest BCUT2D eigenvalue weighted by atomic mass is 10.2. The van der Waals surface area contributed by atoms with E-state index >= 15 is 0 Å². The Hall–Kier alpha value is -0.770. The van der Waals surface area contributed by atoms with E-state index in [1.54, 1.807) is 7.11 Å². The lowest BCUT2D eigenvalue weighted by molar-refractivity contribution is 0.125. The van der Waals surface area contributed by atoms with E-state index < -0.39 is 6.10 Å². The van der Waals surface area contributed by atoms with Gasteiger partial charge in [-0.2, -0.15) is 0 Å². The first kappa shape index (κ1) is 12.3. The van der Waals surface area contributed by atoms with Crippen molar-refractivity contribution in [2.24, 2.45) is 0 Å². The molecule has 0 aromatic heterocycles. The first-order valence-electron chi connectivity index (χ1n) is 4.71. The van der Waals surface area contributed by atoms with E-state index in [2.05, 4.69) is 0 Å². The number of aliphatic hydroxyl groups is 1. The SMILES string of the molecule is COCc1cccc(OCC(O)CCl)c1. The highest BCUT2D eigenvalue weighted by Gasteiger charge is 2.03.